The highest BCUT2D eigenvalue weighted by Gasteiger charge is 2.34. The summed E-state index contributed by atoms with van der Waals surface area (Å²) in [5, 5.41) is 3.57. The van der Waals surface area contributed by atoms with E-state index < -0.39 is 28.7 Å². The first-order valence-corrected chi connectivity index (χ1v) is 14.8. The first-order valence-electron chi connectivity index (χ1n) is 13.0. The first-order chi connectivity index (χ1) is 17.9. The fourth-order valence-electron chi connectivity index (χ4n) is 4.65. The van der Waals surface area contributed by atoms with E-state index in [0.717, 1.165) is 51.8 Å². The van der Waals surface area contributed by atoms with Crippen LogP contribution in [-0.2, 0) is 26.3 Å². The van der Waals surface area contributed by atoms with Gasteiger partial charge in [0.2, 0.25) is 11.8 Å². The van der Waals surface area contributed by atoms with E-state index in [1.165, 1.54) is 19.0 Å². The molecule has 0 heterocycles. The van der Waals surface area contributed by atoms with Gasteiger partial charge >= 0.3 is 10.2 Å². The fourth-order valence-corrected chi connectivity index (χ4v) is 5.96. The zero-order chi connectivity index (χ0) is 28.0. The molecule has 1 saturated carbocycles. The number of halogens is 1. The van der Waals surface area contributed by atoms with Crippen LogP contribution >= 0.6 is 11.6 Å². The molecule has 2 aromatic rings. The third-order valence-corrected chi connectivity index (χ3v) is 9.24. The molecule has 0 radical (unpaired) electrons. The molecular formula is C28H39ClN4O4S. The normalized spacial score (nSPS) is 15.2. The molecule has 10 heteroatoms. The van der Waals surface area contributed by atoms with Crippen LogP contribution in [0.25, 0.3) is 0 Å². The maximum absolute atomic E-state index is 13.9. The van der Waals surface area contributed by atoms with Gasteiger partial charge in [-0.15, -0.1) is 0 Å². The molecule has 1 N–H and O–H groups in total. The van der Waals surface area contributed by atoms with Gasteiger partial charge in [0.05, 0.1) is 5.69 Å². The predicted molar refractivity (Wildman–Crippen MR) is 152 cm³/mol. The van der Waals surface area contributed by atoms with Crippen LogP contribution in [0.1, 0.15) is 55.7 Å². The lowest BCUT2D eigenvalue weighted by Gasteiger charge is -2.34. The highest BCUT2D eigenvalue weighted by molar-refractivity contribution is 7.90. The van der Waals surface area contributed by atoms with Crippen molar-refractivity contribution in [1.82, 2.24) is 14.5 Å². The zero-order valence-electron chi connectivity index (χ0n) is 22.9. The van der Waals surface area contributed by atoms with E-state index in [1.54, 1.807) is 38.1 Å². The van der Waals surface area contributed by atoms with Crippen LogP contribution in [0.15, 0.2) is 42.5 Å². The first kappa shape index (κ1) is 29.9. The molecule has 8 nitrogen and oxygen atoms in total. The molecule has 1 fully saturated rings. The van der Waals surface area contributed by atoms with Crippen LogP contribution in [0.2, 0.25) is 5.02 Å². The minimum atomic E-state index is -4.02. The van der Waals surface area contributed by atoms with E-state index in [4.69, 9.17) is 11.6 Å². The average Bonchev–Trinajstić information content (AvgIpc) is 2.88. The van der Waals surface area contributed by atoms with Gasteiger partial charge in [-0.25, -0.2) is 4.31 Å². The van der Waals surface area contributed by atoms with Crippen molar-refractivity contribution in [2.24, 2.45) is 0 Å². The van der Waals surface area contributed by atoms with E-state index in [9.17, 15) is 18.0 Å². The summed E-state index contributed by atoms with van der Waals surface area (Å²) in [6, 6.07) is 11.9. The van der Waals surface area contributed by atoms with Gasteiger partial charge in [-0.3, -0.25) is 9.59 Å². The molecule has 38 heavy (non-hydrogen) atoms. The molecule has 3 rings (SSSR count). The minimum Gasteiger partial charge on any atom is -0.352 e. The summed E-state index contributed by atoms with van der Waals surface area (Å²) in [5.74, 6) is -0.756. The topological polar surface area (TPSA) is 90.0 Å². The second kappa shape index (κ2) is 13.0. The maximum atomic E-state index is 13.9. The van der Waals surface area contributed by atoms with Crippen molar-refractivity contribution >= 4 is 39.3 Å². The summed E-state index contributed by atoms with van der Waals surface area (Å²) in [4.78, 5) is 28.7. The van der Waals surface area contributed by atoms with Crippen LogP contribution in [0.4, 0.5) is 5.69 Å². The predicted octanol–water partition coefficient (Wildman–Crippen LogP) is 4.44. The monoisotopic (exact) mass is 562 g/mol. The zero-order valence-corrected chi connectivity index (χ0v) is 24.5. The molecule has 0 aliphatic heterocycles. The minimum absolute atomic E-state index is 0.0699. The van der Waals surface area contributed by atoms with Gasteiger partial charge in [0.1, 0.15) is 12.6 Å². The molecule has 208 valence electrons. The van der Waals surface area contributed by atoms with Crippen molar-refractivity contribution in [1.29, 1.82) is 0 Å². The lowest BCUT2D eigenvalue weighted by atomic mass is 9.95. The largest absolute Gasteiger partial charge is 0.352 e. The van der Waals surface area contributed by atoms with Crippen LogP contribution in [0.3, 0.4) is 0 Å². The van der Waals surface area contributed by atoms with Crippen molar-refractivity contribution in [3.05, 3.63) is 64.2 Å². The second-order valence-corrected chi connectivity index (χ2v) is 12.7. The van der Waals surface area contributed by atoms with E-state index in [2.05, 4.69) is 5.32 Å². The van der Waals surface area contributed by atoms with Crippen molar-refractivity contribution in [3.63, 3.8) is 0 Å². The quantitative estimate of drug-likeness (QED) is 0.464. The maximum Gasteiger partial charge on any atom is 0.304 e. The molecule has 0 unspecified atom stereocenters. The van der Waals surface area contributed by atoms with Gasteiger partial charge in [-0.1, -0.05) is 61.2 Å². The summed E-state index contributed by atoms with van der Waals surface area (Å²) >= 11 is 6.42. The Bertz CT molecular complexity index is 1250. The van der Waals surface area contributed by atoms with E-state index >= 15 is 0 Å². The third kappa shape index (κ3) is 7.27. The number of nitrogens with zero attached hydrogens (tertiary/aromatic N) is 3. The Morgan fingerprint density at radius 3 is 2.34 bits per heavy atom. The summed E-state index contributed by atoms with van der Waals surface area (Å²) < 4.78 is 29.0. The lowest BCUT2D eigenvalue weighted by Crippen LogP contribution is -2.53. The Morgan fingerprint density at radius 1 is 1.05 bits per heavy atom. The number of nitrogens with one attached hydrogen (secondary N) is 1. The van der Waals surface area contributed by atoms with Crippen LogP contribution in [-0.4, -0.2) is 62.2 Å². The molecular weight excluding hydrogens is 524 g/mol. The molecule has 1 aliphatic carbocycles. The standard InChI is InChI=1S/C28H39ClN4O4S/c1-20-15-16-21(2)26(17-20)33(38(36,37)31(4)5)19-27(34)32(18-23-11-9-10-14-25(23)29)22(3)28(35)30-24-12-7-6-8-13-24/h9-11,14-17,22,24H,6-8,12-13,18-19H2,1-5H3,(H,30,35)/t22-/m0/s1. The number of hydrogen-bond donors (Lipinski definition) is 1. The number of carbonyl (C=O) groups is 2. The van der Waals surface area contributed by atoms with Gasteiger partial charge in [0, 0.05) is 31.7 Å². The fraction of sp³-hybridized carbons (Fsp3) is 0.500. The van der Waals surface area contributed by atoms with Crippen LogP contribution < -0.4 is 9.62 Å². The van der Waals surface area contributed by atoms with E-state index in [1.807, 2.05) is 25.1 Å². The second-order valence-electron chi connectivity index (χ2n) is 10.2. The van der Waals surface area contributed by atoms with E-state index in [0.29, 0.717) is 16.3 Å². The average molecular weight is 563 g/mol. The number of rotatable bonds is 10. The SMILES string of the molecule is Cc1ccc(C)c(N(CC(=O)N(Cc2ccccc2Cl)[C@@H](C)C(=O)NC2CCCCC2)S(=O)(=O)N(C)C)c1. The van der Waals surface area contributed by atoms with Gasteiger partial charge in [-0.2, -0.15) is 12.7 Å². The molecule has 2 aromatic carbocycles. The Kier molecular flexibility index (Phi) is 10.2. The lowest BCUT2D eigenvalue weighted by molar-refractivity contribution is -0.139. The number of benzene rings is 2. The van der Waals surface area contributed by atoms with Crippen molar-refractivity contribution in [3.8, 4) is 0 Å². The summed E-state index contributed by atoms with van der Waals surface area (Å²) in [6.45, 7) is 4.96. The van der Waals surface area contributed by atoms with Gasteiger partial charge in [0.15, 0.2) is 0 Å². The molecule has 2 amide bonds. The Labute approximate surface area is 232 Å². The molecule has 1 aliphatic rings. The summed E-state index contributed by atoms with van der Waals surface area (Å²) in [7, 11) is -1.16. The highest BCUT2D eigenvalue weighted by Crippen LogP contribution is 2.27. The van der Waals surface area contributed by atoms with Gasteiger partial charge in [-0.05, 0) is 62.4 Å². The number of aryl methyl sites for hydroxylation is 2. The molecule has 0 aromatic heterocycles. The Morgan fingerprint density at radius 2 is 1.71 bits per heavy atom. The number of carbonyl (C=O) groups excluding carboxylic acids is 2. The molecule has 0 saturated heterocycles. The third-order valence-electron chi connectivity index (χ3n) is 7.07. The number of anilines is 1. The number of hydrogen-bond acceptors (Lipinski definition) is 4. The van der Waals surface area contributed by atoms with Crippen LogP contribution in [0, 0.1) is 13.8 Å². The number of amides is 2. The summed E-state index contributed by atoms with van der Waals surface area (Å²) in [6.07, 6.45) is 5.12. The molecule has 0 spiro atoms. The summed E-state index contributed by atoms with van der Waals surface area (Å²) in [5.41, 5.74) is 2.68. The molecule has 0 bridgehead atoms. The van der Waals surface area contributed by atoms with E-state index in [-0.39, 0.29) is 18.5 Å². The van der Waals surface area contributed by atoms with Crippen LogP contribution in [0.5, 0.6) is 0 Å². The highest BCUT2D eigenvalue weighted by atomic mass is 35.5. The van der Waals surface area contributed by atoms with Gasteiger partial charge < -0.3 is 10.2 Å². The molecule has 1 atom stereocenters. The van der Waals surface area contributed by atoms with Gasteiger partial charge in [0.25, 0.3) is 0 Å². The van der Waals surface area contributed by atoms with Crippen molar-refractivity contribution in [2.75, 3.05) is 24.9 Å². The Hall–Kier alpha value is -2.62. The van der Waals surface area contributed by atoms with Crippen molar-refractivity contribution in [2.45, 2.75) is 71.5 Å². The Balaban J connectivity index is 1.96. The smallest absolute Gasteiger partial charge is 0.304 e. The van der Waals surface area contributed by atoms with Crippen molar-refractivity contribution < 1.29 is 18.0 Å².